The molecule has 0 bridgehead atoms. The molecular weight excluding hydrogens is 438 g/mol. The Labute approximate surface area is 203 Å². The minimum absolute atomic E-state index is 0.579. The first kappa shape index (κ1) is 22.5. The van der Waals surface area contributed by atoms with Crippen LogP contribution in [0.1, 0.15) is 36.8 Å². The van der Waals surface area contributed by atoms with E-state index < -0.39 is 0 Å². The van der Waals surface area contributed by atoms with Crippen molar-refractivity contribution in [2.75, 3.05) is 0 Å². The van der Waals surface area contributed by atoms with Gasteiger partial charge in [0.25, 0.3) is 0 Å². The SMILES string of the molecule is CCCCc1nc(-c2cccc(C)[n+]2[O-])cn1Cc1ccc(-c2ccccc2-c2nnn[nH]2)cc1. The van der Waals surface area contributed by atoms with Crippen LogP contribution in [-0.2, 0) is 13.0 Å². The van der Waals surface area contributed by atoms with Crippen LogP contribution >= 0.6 is 0 Å². The summed E-state index contributed by atoms with van der Waals surface area (Å²) in [5.41, 5.74) is 6.21. The summed E-state index contributed by atoms with van der Waals surface area (Å²) < 4.78 is 3.11. The highest BCUT2D eigenvalue weighted by Gasteiger charge is 2.17. The van der Waals surface area contributed by atoms with Crippen molar-refractivity contribution in [3.05, 3.63) is 95.2 Å². The summed E-state index contributed by atoms with van der Waals surface area (Å²) >= 11 is 0. The Kier molecular flexibility index (Phi) is 6.34. The second-order valence-electron chi connectivity index (χ2n) is 8.61. The summed E-state index contributed by atoms with van der Waals surface area (Å²) in [5.74, 6) is 1.64. The Hall–Kier alpha value is -4.33. The second kappa shape index (κ2) is 9.89. The van der Waals surface area contributed by atoms with Crippen LogP contribution in [0, 0.1) is 12.1 Å². The maximum atomic E-state index is 12.6. The summed E-state index contributed by atoms with van der Waals surface area (Å²) in [6, 6.07) is 22.1. The molecule has 35 heavy (non-hydrogen) atoms. The largest absolute Gasteiger partial charge is 0.618 e. The average Bonchev–Trinajstić information content (AvgIpc) is 3.56. The van der Waals surface area contributed by atoms with Gasteiger partial charge in [-0.15, -0.1) is 5.10 Å². The first-order valence-corrected chi connectivity index (χ1v) is 11.8. The van der Waals surface area contributed by atoms with E-state index in [0.717, 1.165) is 52.1 Å². The third-order valence-electron chi connectivity index (χ3n) is 6.15. The van der Waals surface area contributed by atoms with Crippen molar-refractivity contribution in [1.29, 1.82) is 0 Å². The maximum Gasteiger partial charge on any atom is 0.244 e. The molecular formula is C27H27N7O. The third-order valence-corrected chi connectivity index (χ3v) is 6.15. The zero-order chi connectivity index (χ0) is 24.2. The Bertz CT molecular complexity index is 1420. The highest BCUT2D eigenvalue weighted by atomic mass is 16.5. The first-order chi connectivity index (χ1) is 17.1. The Morgan fingerprint density at radius 2 is 1.77 bits per heavy atom. The molecule has 0 amide bonds. The number of unbranched alkanes of at least 4 members (excludes halogenated alkanes) is 1. The fourth-order valence-electron chi connectivity index (χ4n) is 4.24. The van der Waals surface area contributed by atoms with Gasteiger partial charge < -0.3 is 9.77 Å². The Morgan fingerprint density at radius 3 is 2.51 bits per heavy atom. The van der Waals surface area contributed by atoms with E-state index in [-0.39, 0.29) is 0 Å². The molecule has 5 rings (SSSR count). The number of nitrogens with one attached hydrogen (secondary N) is 1. The fourth-order valence-corrected chi connectivity index (χ4v) is 4.24. The van der Waals surface area contributed by atoms with Crippen molar-refractivity contribution >= 4 is 0 Å². The van der Waals surface area contributed by atoms with Crippen molar-refractivity contribution in [3.8, 4) is 33.9 Å². The van der Waals surface area contributed by atoms with Crippen molar-refractivity contribution in [3.63, 3.8) is 0 Å². The number of imidazole rings is 1. The highest BCUT2D eigenvalue weighted by Crippen LogP contribution is 2.30. The van der Waals surface area contributed by atoms with Crippen LogP contribution in [0.3, 0.4) is 0 Å². The molecule has 0 saturated heterocycles. The van der Waals surface area contributed by atoms with Crippen LogP contribution in [0.2, 0.25) is 0 Å². The van der Waals surface area contributed by atoms with Gasteiger partial charge in [-0.2, -0.15) is 4.73 Å². The molecule has 3 aromatic heterocycles. The molecule has 5 aromatic rings. The number of H-pyrrole nitrogens is 1. The molecule has 1 N–H and O–H groups in total. The minimum Gasteiger partial charge on any atom is -0.618 e. The normalized spacial score (nSPS) is 11.1. The van der Waals surface area contributed by atoms with Crippen molar-refractivity contribution in [2.45, 2.75) is 39.7 Å². The van der Waals surface area contributed by atoms with Gasteiger partial charge in [-0.05, 0) is 39.6 Å². The topological polar surface area (TPSA) is 99.2 Å². The molecule has 176 valence electrons. The van der Waals surface area contributed by atoms with Crippen molar-refractivity contribution in [1.82, 2.24) is 30.2 Å². The maximum absolute atomic E-state index is 12.6. The summed E-state index contributed by atoms with van der Waals surface area (Å²) in [4.78, 5) is 4.84. The molecule has 0 aliphatic rings. The average molecular weight is 466 g/mol. The van der Waals surface area contributed by atoms with Gasteiger partial charge in [0, 0.05) is 43.8 Å². The number of pyridine rings is 1. The first-order valence-electron chi connectivity index (χ1n) is 11.8. The summed E-state index contributed by atoms with van der Waals surface area (Å²) in [5, 5.41) is 26.9. The van der Waals surface area contributed by atoms with Gasteiger partial charge in [0.1, 0.15) is 5.82 Å². The number of aromatic nitrogens is 7. The predicted molar refractivity (Wildman–Crippen MR) is 134 cm³/mol. The van der Waals surface area contributed by atoms with E-state index in [4.69, 9.17) is 4.98 Å². The number of rotatable bonds is 8. The number of hydrogen-bond acceptors (Lipinski definition) is 5. The van der Waals surface area contributed by atoms with Crippen LogP contribution in [0.25, 0.3) is 33.9 Å². The van der Waals surface area contributed by atoms with Crippen molar-refractivity contribution in [2.24, 2.45) is 0 Å². The fraction of sp³-hybridized carbons (Fsp3) is 0.222. The number of tetrazole rings is 1. The number of aryl methyl sites for hydroxylation is 2. The lowest BCUT2D eigenvalue weighted by Crippen LogP contribution is -2.32. The van der Waals surface area contributed by atoms with Crippen LogP contribution in [0.15, 0.2) is 72.9 Å². The quantitative estimate of drug-likeness (QED) is 0.264. The molecule has 0 radical (unpaired) electrons. The zero-order valence-electron chi connectivity index (χ0n) is 19.8. The van der Waals surface area contributed by atoms with Gasteiger partial charge in [-0.1, -0.05) is 61.9 Å². The number of aromatic amines is 1. The van der Waals surface area contributed by atoms with Crippen molar-refractivity contribution < 1.29 is 4.73 Å². The smallest absolute Gasteiger partial charge is 0.244 e. The number of benzene rings is 2. The lowest BCUT2D eigenvalue weighted by molar-refractivity contribution is -0.600. The predicted octanol–water partition coefficient (Wildman–Crippen LogP) is 4.73. The lowest BCUT2D eigenvalue weighted by atomic mass is 9.98. The van der Waals surface area contributed by atoms with Crippen LogP contribution in [0.5, 0.6) is 0 Å². The minimum atomic E-state index is 0.579. The van der Waals surface area contributed by atoms with E-state index in [0.29, 0.717) is 29.5 Å². The van der Waals surface area contributed by atoms with Crippen LogP contribution in [-0.4, -0.2) is 30.2 Å². The van der Waals surface area contributed by atoms with E-state index in [1.807, 2.05) is 49.5 Å². The molecule has 0 spiro atoms. The van der Waals surface area contributed by atoms with Gasteiger partial charge in [0.05, 0.1) is 0 Å². The van der Waals surface area contributed by atoms with Gasteiger partial charge in [0.15, 0.2) is 17.2 Å². The molecule has 0 atom stereocenters. The molecule has 0 saturated carbocycles. The van der Waals surface area contributed by atoms with Gasteiger partial charge in [0.2, 0.25) is 5.69 Å². The third kappa shape index (κ3) is 4.68. The Balaban J connectivity index is 1.44. The summed E-state index contributed by atoms with van der Waals surface area (Å²) in [7, 11) is 0. The van der Waals surface area contributed by atoms with E-state index in [2.05, 4.69) is 62.4 Å². The molecule has 0 unspecified atom stereocenters. The van der Waals surface area contributed by atoms with E-state index in [1.165, 1.54) is 0 Å². The van der Waals surface area contributed by atoms with E-state index in [1.54, 1.807) is 0 Å². The summed E-state index contributed by atoms with van der Waals surface area (Å²) in [6.07, 6.45) is 5.00. The van der Waals surface area contributed by atoms with Crippen LogP contribution in [0.4, 0.5) is 0 Å². The van der Waals surface area contributed by atoms with Gasteiger partial charge in [-0.25, -0.2) is 10.1 Å². The van der Waals surface area contributed by atoms with Crippen LogP contribution < -0.4 is 4.73 Å². The number of nitrogens with zero attached hydrogens (tertiary/aromatic N) is 6. The molecule has 3 heterocycles. The standard InChI is InChI=1S/C27H27N7O/c1-3-4-12-26-28-24(25-11-7-8-19(2)34(25)35)18-33(26)17-20-13-15-21(16-14-20)22-9-5-6-10-23(22)27-29-31-32-30-27/h5-11,13-16,18H,3-4,12,17H2,1-2H3,(H,29,30,31,32). The number of hydrogen-bond donors (Lipinski definition) is 1. The molecule has 8 heteroatoms. The van der Waals surface area contributed by atoms with E-state index in [9.17, 15) is 5.21 Å². The molecule has 0 aliphatic carbocycles. The molecule has 0 aliphatic heterocycles. The summed E-state index contributed by atoms with van der Waals surface area (Å²) in [6.45, 7) is 4.67. The molecule has 2 aromatic carbocycles. The second-order valence-corrected chi connectivity index (χ2v) is 8.61. The Morgan fingerprint density at radius 1 is 0.971 bits per heavy atom. The molecule has 0 fully saturated rings. The highest BCUT2D eigenvalue weighted by molar-refractivity contribution is 5.80. The molecule has 8 nitrogen and oxygen atoms in total. The van der Waals surface area contributed by atoms with Gasteiger partial charge in [-0.3, -0.25) is 0 Å². The lowest BCUT2D eigenvalue weighted by Gasteiger charge is -2.10. The van der Waals surface area contributed by atoms with E-state index >= 15 is 0 Å². The monoisotopic (exact) mass is 465 g/mol. The van der Waals surface area contributed by atoms with Gasteiger partial charge >= 0.3 is 0 Å². The zero-order valence-corrected chi connectivity index (χ0v) is 19.8.